The summed E-state index contributed by atoms with van der Waals surface area (Å²) in [5, 5.41) is 0. The first-order valence-electron chi connectivity index (χ1n) is 7.45. The Morgan fingerprint density at radius 1 is 1.09 bits per heavy atom. The van der Waals surface area contributed by atoms with Crippen molar-refractivity contribution < 1.29 is 19.0 Å². The highest BCUT2D eigenvalue weighted by Crippen LogP contribution is 2.31. The van der Waals surface area contributed by atoms with Gasteiger partial charge in [-0.05, 0) is 42.0 Å². The van der Waals surface area contributed by atoms with E-state index in [1.807, 2.05) is 18.2 Å². The third-order valence-electron chi connectivity index (χ3n) is 3.71. The molecule has 0 bridgehead atoms. The number of carbonyl (C=O) groups excluding carboxylic acids is 1. The summed E-state index contributed by atoms with van der Waals surface area (Å²) in [4.78, 5) is 14.1. The van der Waals surface area contributed by atoms with E-state index in [2.05, 4.69) is 0 Å². The largest absolute Gasteiger partial charge is 0.497 e. The van der Waals surface area contributed by atoms with Gasteiger partial charge in [0.2, 0.25) is 0 Å². The molecule has 1 aliphatic heterocycles. The number of carbonyl (C=O) groups is 1. The zero-order valence-electron chi connectivity index (χ0n) is 13.2. The Morgan fingerprint density at radius 3 is 2.48 bits per heavy atom. The van der Waals surface area contributed by atoms with Crippen molar-refractivity contribution in [2.24, 2.45) is 0 Å². The fourth-order valence-corrected chi connectivity index (χ4v) is 2.49. The third kappa shape index (κ3) is 3.39. The highest BCUT2D eigenvalue weighted by atomic mass is 16.6. The van der Waals surface area contributed by atoms with Crippen LogP contribution in [0.1, 0.15) is 15.9 Å². The normalized spacial score (nSPS) is 12.6. The number of nitrogens with zero attached hydrogens (tertiary/aromatic N) is 1. The van der Waals surface area contributed by atoms with Crippen LogP contribution in [0.15, 0.2) is 42.5 Å². The van der Waals surface area contributed by atoms with E-state index in [0.717, 1.165) is 22.8 Å². The number of fused-ring (bicyclic) bond motifs is 1. The lowest BCUT2D eigenvalue weighted by molar-refractivity contribution is 0.0784. The molecule has 1 heterocycles. The highest BCUT2D eigenvalue weighted by molar-refractivity contribution is 5.94. The van der Waals surface area contributed by atoms with Gasteiger partial charge in [-0.25, -0.2) is 0 Å². The van der Waals surface area contributed by atoms with E-state index in [1.54, 1.807) is 43.3 Å². The van der Waals surface area contributed by atoms with Crippen molar-refractivity contribution in [3.63, 3.8) is 0 Å². The third-order valence-corrected chi connectivity index (χ3v) is 3.71. The molecule has 23 heavy (non-hydrogen) atoms. The molecule has 0 radical (unpaired) electrons. The molecule has 1 aliphatic rings. The number of hydrogen-bond acceptors (Lipinski definition) is 4. The summed E-state index contributed by atoms with van der Waals surface area (Å²) >= 11 is 0. The van der Waals surface area contributed by atoms with Crippen molar-refractivity contribution in [3.8, 4) is 17.2 Å². The van der Waals surface area contributed by atoms with Gasteiger partial charge in [-0.15, -0.1) is 0 Å². The van der Waals surface area contributed by atoms with Gasteiger partial charge in [-0.2, -0.15) is 0 Å². The molecule has 2 aromatic rings. The van der Waals surface area contributed by atoms with Crippen LogP contribution in [0, 0.1) is 0 Å². The Bertz CT molecular complexity index is 697. The summed E-state index contributed by atoms with van der Waals surface area (Å²) in [6, 6.07) is 12.9. The topological polar surface area (TPSA) is 48.0 Å². The molecule has 0 saturated heterocycles. The Kier molecular flexibility index (Phi) is 4.37. The maximum absolute atomic E-state index is 12.5. The van der Waals surface area contributed by atoms with Crippen LogP contribution in [0.3, 0.4) is 0 Å². The number of hydrogen-bond donors (Lipinski definition) is 0. The number of ether oxygens (including phenoxy) is 3. The molecule has 0 atom stereocenters. The summed E-state index contributed by atoms with van der Waals surface area (Å²) in [6.45, 7) is 1.63. The molecule has 120 valence electrons. The minimum absolute atomic E-state index is 0.0393. The minimum atomic E-state index is -0.0393. The average Bonchev–Trinajstić information content (AvgIpc) is 2.61. The van der Waals surface area contributed by atoms with E-state index >= 15 is 0 Å². The lowest BCUT2D eigenvalue weighted by Crippen LogP contribution is -2.26. The summed E-state index contributed by atoms with van der Waals surface area (Å²) in [5.41, 5.74) is 1.63. The van der Waals surface area contributed by atoms with Crippen LogP contribution in [-0.2, 0) is 6.54 Å². The number of methoxy groups -OCH3 is 1. The van der Waals surface area contributed by atoms with E-state index < -0.39 is 0 Å². The number of rotatable bonds is 4. The van der Waals surface area contributed by atoms with Gasteiger partial charge in [0.05, 0.1) is 7.11 Å². The average molecular weight is 313 g/mol. The zero-order valence-corrected chi connectivity index (χ0v) is 13.2. The zero-order chi connectivity index (χ0) is 16.2. The predicted molar refractivity (Wildman–Crippen MR) is 86.2 cm³/mol. The molecule has 1 amide bonds. The van der Waals surface area contributed by atoms with Gasteiger partial charge in [0, 0.05) is 19.2 Å². The Morgan fingerprint density at radius 2 is 1.78 bits per heavy atom. The second kappa shape index (κ2) is 6.60. The molecule has 0 fully saturated rings. The molecule has 0 unspecified atom stereocenters. The van der Waals surface area contributed by atoms with Gasteiger partial charge in [0.25, 0.3) is 5.91 Å². The maximum atomic E-state index is 12.5. The summed E-state index contributed by atoms with van der Waals surface area (Å²) < 4.78 is 16.2. The summed E-state index contributed by atoms with van der Waals surface area (Å²) in [7, 11) is 3.38. The lowest BCUT2D eigenvalue weighted by atomic mass is 10.1. The van der Waals surface area contributed by atoms with Crippen LogP contribution in [-0.4, -0.2) is 38.2 Å². The van der Waals surface area contributed by atoms with Gasteiger partial charge in [-0.3, -0.25) is 4.79 Å². The predicted octanol–water partition coefficient (Wildman–Crippen LogP) is 2.74. The lowest BCUT2D eigenvalue weighted by Gasteiger charge is -2.21. The van der Waals surface area contributed by atoms with E-state index in [4.69, 9.17) is 14.2 Å². The molecular formula is C18H19NO4. The second-order valence-corrected chi connectivity index (χ2v) is 5.37. The first-order chi connectivity index (χ1) is 11.2. The molecule has 0 spiro atoms. The fraction of sp³-hybridized carbons (Fsp3) is 0.278. The number of amides is 1. The van der Waals surface area contributed by atoms with E-state index in [9.17, 15) is 4.79 Å². The van der Waals surface area contributed by atoms with Crippen LogP contribution in [0.2, 0.25) is 0 Å². The maximum Gasteiger partial charge on any atom is 0.253 e. The van der Waals surface area contributed by atoms with Gasteiger partial charge >= 0.3 is 0 Å². The molecule has 5 heteroatoms. The van der Waals surface area contributed by atoms with Crippen molar-refractivity contribution >= 4 is 5.91 Å². The van der Waals surface area contributed by atoms with Crippen LogP contribution >= 0.6 is 0 Å². The second-order valence-electron chi connectivity index (χ2n) is 5.37. The van der Waals surface area contributed by atoms with Gasteiger partial charge in [0.15, 0.2) is 11.5 Å². The van der Waals surface area contributed by atoms with Crippen LogP contribution in [0.25, 0.3) is 0 Å². The molecule has 0 aromatic heterocycles. The van der Waals surface area contributed by atoms with Crippen molar-refractivity contribution in [1.82, 2.24) is 4.90 Å². The highest BCUT2D eigenvalue weighted by Gasteiger charge is 2.15. The Labute approximate surface area is 135 Å². The Hall–Kier alpha value is -2.69. The molecule has 3 rings (SSSR count). The standard InChI is InChI=1S/C18H19NO4/c1-19(18(20)14-4-6-15(21-2)7-5-14)12-13-3-8-16-17(11-13)23-10-9-22-16/h3-8,11H,9-10,12H2,1-2H3. The van der Waals surface area contributed by atoms with Crippen LogP contribution in [0.4, 0.5) is 0 Å². The first kappa shape index (κ1) is 15.2. The molecule has 0 saturated carbocycles. The van der Waals surface area contributed by atoms with Crippen LogP contribution < -0.4 is 14.2 Å². The van der Waals surface area contributed by atoms with Gasteiger partial charge in [-0.1, -0.05) is 6.07 Å². The first-order valence-corrected chi connectivity index (χ1v) is 7.45. The van der Waals surface area contributed by atoms with Crippen molar-refractivity contribution in [3.05, 3.63) is 53.6 Å². The molecular weight excluding hydrogens is 294 g/mol. The van der Waals surface area contributed by atoms with E-state index in [1.165, 1.54) is 0 Å². The van der Waals surface area contributed by atoms with Gasteiger partial charge in [0.1, 0.15) is 19.0 Å². The van der Waals surface area contributed by atoms with Crippen molar-refractivity contribution in [1.29, 1.82) is 0 Å². The quantitative estimate of drug-likeness (QED) is 0.871. The van der Waals surface area contributed by atoms with Crippen molar-refractivity contribution in [2.45, 2.75) is 6.54 Å². The molecule has 0 N–H and O–H groups in total. The van der Waals surface area contributed by atoms with Crippen LogP contribution in [0.5, 0.6) is 17.2 Å². The number of benzene rings is 2. The van der Waals surface area contributed by atoms with Gasteiger partial charge < -0.3 is 19.1 Å². The molecule has 0 aliphatic carbocycles. The smallest absolute Gasteiger partial charge is 0.253 e. The summed E-state index contributed by atoms with van der Waals surface area (Å²) in [6.07, 6.45) is 0. The van der Waals surface area contributed by atoms with E-state index in [0.29, 0.717) is 25.3 Å². The molecule has 2 aromatic carbocycles. The van der Waals surface area contributed by atoms with Crippen molar-refractivity contribution in [2.75, 3.05) is 27.4 Å². The minimum Gasteiger partial charge on any atom is -0.497 e. The molecule has 5 nitrogen and oxygen atoms in total. The van der Waals surface area contributed by atoms with E-state index in [-0.39, 0.29) is 5.91 Å². The monoisotopic (exact) mass is 313 g/mol. The SMILES string of the molecule is COc1ccc(C(=O)N(C)Cc2ccc3c(c2)OCCO3)cc1. The Balaban J connectivity index is 1.70. The summed E-state index contributed by atoms with van der Waals surface area (Å²) in [5.74, 6) is 2.18. The fourth-order valence-electron chi connectivity index (χ4n) is 2.49.